The molecule has 3 rings (SSSR count). The summed E-state index contributed by atoms with van der Waals surface area (Å²) >= 11 is 0. The minimum Gasteiger partial charge on any atom is -0.461 e. The Hall–Kier alpha value is -2.08. The maximum absolute atomic E-state index is 14.5. The lowest BCUT2D eigenvalue weighted by atomic mass is 9.62. The number of Topliss-reactive ketones (excluding diaryl/α,β-unsaturated/α-hetero) is 1. The van der Waals surface area contributed by atoms with Gasteiger partial charge in [-0.25, -0.2) is 0 Å². The van der Waals surface area contributed by atoms with Gasteiger partial charge < -0.3 is 13.7 Å². The Bertz CT molecular complexity index is 1170. The van der Waals surface area contributed by atoms with E-state index < -0.39 is 46.0 Å². The molecule has 0 N–H and O–H groups in total. The van der Waals surface area contributed by atoms with Gasteiger partial charge in [0.15, 0.2) is 22.3 Å². The van der Waals surface area contributed by atoms with E-state index in [4.69, 9.17) is 9.16 Å². The molecule has 2 saturated heterocycles. The van der Waals surface area contributed by atoms with E-state index in [1.54, 1.807) is 0 Å². The zero-order valence-corrected chi connectivity index (χ0v) is 29.9. The third-order valence-electron chi connectivity index (χ3n) is 10.5. The molecule has 2 aliphatic heterocycles. The Labute approximate surface area is 256 Å². The number of hydrogen-bond acceptors (Lipinski definition) is 6. The first-order valence-corrected chi connectivity index (χ1v) is 21.2. The Morgan fingerprint density at radius 1 is 1.07 bits per heavy atom. The van der Waals surface area contributed by atoms with Crippen LogP contribution in [-0.2, 0) is 30.1 Å². The normalized spacial score (nSPS) is 25.2. The second-order valence-corrected chi connectivity index (χ2v) is 25.2. The number of rotatable bonds is 10. The molecule has 9 heteroatoms. The number of β-lactam (4-membered cyclic amide) rings is 1. The number of amides is 1. The summed E-state index contributed by atoms with van der Waals surface area (Å²) in [5.74, 6) is -1.33. The van der Waals surface area contributed by atoms with Crippen LogP contribution in [0, 0.1) is 11.3 Å². The van der Waals surface area contributed by atoms with E-state index in [1.165, 1.54) is 6.08 Å². The van der Waals surface area contributed by atoms with Crippen LogP contribution in [0.3, 0.4) is 0 Å². The zero-order valence-electron chi connectivity index (χ0n) is 27.9. The fraction of sp³-hybridized carbons (Fsp3) is 0.667. The van der Waals surface area contributed by atoms with Gasteiger partial charge in [0.25, 0.3) is 0 Å². The number of piperidine rings is 1. The first-order chi connectivity index (χ1) is 19.2. The van der Waals surface area contributed by atoms with Crippen LogP contribution in [0.4, 0.5) is 0 Å². The molecule has 2 aliphatic rings. The molecule has 0 saturated carbocycles. The summed E-state index contributed by atoms with van der Waals surface area (Å²) in [5.41, 5.74) is -0.349. The van der Waals surface area contributed by atoms with Crippen molar-refractivity contribution < 1.29 is 23.5 Å². The van der Waals surface area contributed by atoms with Crippen molar-refractivity contribution in [1.82, 2.24) is 9.47 Å². The average molecular weight is 615 g/mol. The smallest absolute Gasteiger partial charge is 0.322 e. The van der Waals surface area contributed by atoms with Crippen LogP contribution in [0.25, 0.3) is 0 Å². The molecule has 1 aromatic carbocycles. The summed E-state index contributed by atoms with van der Waals surface area (Å²) in [6, 6.07) is 9.43. The van der Waals surface area contributed by atoms with Crippen molar-refractivity contribution in [2.45, 2.75) is 110 Å². The molecule has 0 spiro atoms. The van der Waals surface area contributed by atoms with Gasteiger partial charge in [0.1, 0.15) is 12.0 Å². The second kappa shape index (κ2) is 12.1. The summed E-state index contributed by atoms with van der Waals surface area (Å²) < 4.78 is 14.5. The first kappa shape index (κ1) is 34.4. The number of esters is 1. The zero-order chi connectivity index (χ0) is 31.9. The number of ketones is 1. The fourth-order valence-electron chi connectivity index (χ4n) is 5.98. The monoisotopic (exact) mass is 614 g/mol. The number of carbonyl (C=O) groups excluding carboxylic acids is 3. The SMILES string of the molecule is C=CCOC(=O)C1([C@@H]2[C@@H]([C@@H](C)O[Si](C)(C)C(C)(C)C)C(=O)N2[Si](C)(C)C(C)(C)C)CCN(Cc2ccccc2)CC1=O. The summed E-state index contributed by atoms with van der Waals surface area (Å²) in [7, 11) is -4.75. The predicted octanol–water partition coefficient (Wildman–Crippen LogP) is 6.42. The number of likely N-dealkylation sites (tertiary alicyclic amines) is 1. The summed E-state index contributed by atoms with van der Waals surface area (Å²) in [4.78, 5) is 45.0. The lowest BCUT2D eigenvalue weighted by molar-refractivity contribution is -0.184. The third kappa shape index (κ3) is 6.25. The van der Waals surface area contributed by atoms with Crippen molar-refractivity contribution in [2.24, 2.45) is 11.3 Å². The number of hydrogen-bond donors (Lipinski definition) is 0. The van der Waals surface area contributed by atoms with Crippen LogP contribution in [-0.4, -0.2) is 75.5 Å². The summed E-state index contributed by atoms with van der Waals surface area (Å²) in [6.07, 6.45) is 1.38. The number of nitrogens with zero attached hydrogens (tertiary/aromatic N) is 2. The van der Waals surface area contributed by atoms with Gasteiger partial charge in [-0.2, -0.15) is 0 Å². The van der Waals surface area contributed by atoms with E-state index >= 15 is 0 Å². The predicted molar refractivity (Wildman–Crippen MR) is 174 cm³/mol. The largest absolute Gasteiger partial charge is 0.461 e. The molecule has 234 valence electrons. The van der Waals surface area contributed by atoms with Gasteiger partial charge in [0, 0.05) is 13.1 Å². The van der Waals surface area contributed by atoms with Gasteiger partial charge >= 0.3 is 5.97 Å². The summed E-state index contributed by atoms with van der Waals surface area (Å²) in [6.45, 7) is 28.7. The molecule has 1 unspecified atom stereocenters. The maximum atomic E-state index is 14.5. The van der Waals surface area contributed by atoms with Gasteiger partial charge in [0.2, 0.25) is 5.91 Å². The lowest BCUT2D eigenvalue weighted by Gasteiger charge is -2.64. The molecular weight excluding hydrogens is 561 g/mol. The lowest BCUT2D eigenvalue weighted by Crippen LogP contribution is -2.81. The van der Waals surface area contributed by atoms with Crippen LogP contribution in [0.1, 0.15) is 60.5 Å². The van der Waals surface area contributed by atoms with E-state index in [0.29, 0.717) is 19.5 Å². The highest BCUT2D eigenvalue weighted by Gasteiger charge is 2.70. The molecule has 0 aliphatic carbocycles. The van der Waals surface area contributed by atoms with Crippen LogP contribution in [0.15, 0.2) is 43.0 Å². The van der Waals surface area contributed by atoms with Crippen molar-refractivity contribution in [3.05, 3.63) is 48.6 Å². The minimum absolute atomic E-state index is 0.00629. The van der Waals surface area contributed by atoms with Crippen molar-refractivity contribution >= 4 is 34.2 Å². The molecule has 7 nitrogen and oxygen atoms in total. The van der Waals surface area contributed by atoms with E-state index in [-0.39, 0.29) is 34.9 Å². The van der Waals surface area contributed by atoms with Gasteiger partial charge in [0.05, 0.1) is 24.6 Å². The van der Waals surface area contributed by atoms with Crippen LogP contribution >= 0.6 is 0 Å². The van der Waals surface area contributed by atoms with Gasteiger partial charge in [-0.15, -0.1) is 0 Å². The van der Waals surface area contributed by atoms with Crippen molar-refractivity contribution in [3.8, 4) is 0 Å². The molecule has 2 heterocycles. The van der Waals surface area contributed by atoms with Crippen LogP contribution < -0.4 is 0 Å². The Kier molecular flexibility index (Phi) is 9.94. The molecule has 1 amide bonds. The molecule has 42 heavy (non-hydrogen) atoms. The molecule has 4 atom stereocenters. The van der Waals surface area contributed by atoms with Gasteiger partial charge in [-0.3, -0.25) is 19.3 Å². The fourth-order valence-corrected chi connectivity index (χ4v) is 9.91. The van der Waals surface area contributed by atoms with E-state index in [0.717, 1.165) is 5.56 Å². The van der Waals surface area contributed by atoms with E-state index in [1.807, 2.05) is 41.8 Å². The maximum Gasteiger partial charge on any atom is 0.322 e. The van der Waals surface area contributed by atoms with Crippen molar-refractivity contribution in [2.75, 3.05) is 19.7 Å². The number of benzene rings is 1. The van der Waals surface area contributed by atoms with Crippen LogP contribution in [0.2, 0.25) is 36.3 Å². The Morgan fingerprint density at radius 3 is 2.17 bits per heavy atom. The standard InChI is InChI=1S/C33H54N2O5Si2/c1-13-21-39-30(38)33(19-20-34(23-26(33)36)22-25-17-15-14-16-18-25)28-27(24(2)40-42(11,12)32(6,7)8)29(37)35(28)41(9,10)31(3,4)5/h13-18,24,27-28H,1,19-23H2,2-12H3/t24-,27-,28+,33?/m1/s1. The Morgan fingerprint density at radius 2 is 1.67 bits per heavy atom. The van der Waals surface area contributed by atoms with Gasteiger partial charge in [-0.1, -0.05) is 97.6 Å². The highest BCUT2D eigenvalue weighted by molar-refractivity contribution is 6.80. The second-order valence-electron chi connectivity index (χ2n) is 15.3. The number of carbonyl (C=O) groups is 3. The molecule has 0 bridgehead atoms. The minimum atomic E-state index is -2.50. The molecule has 0 aromatic heterocycles. The summed E-state index contributed by atoms with van der Waals surface area (Å²) in [5, 5.41) is -0.236. The van der Waals surface area contributed by atoms with Gasteiger partial charge in [-0.05, 0) is 42.1 Å². The third-order valence-corrected chi connectivity index (χ3v) is 20.5. The first-order valence-electron chi connectivity index (χ1n) is 15.3. The molecule has 0 radical (unpaired) electrons. The van der Waals surface area contributed by atoms with E-state index in [9.17, 15) is 14.4 Å². The number of ether oxygens (including phenoxy) is 1. The topological polar surface area (TPSA) is 76.2 Å². The molecule has 1 aromatic rings. The Balaban J connectivity index is 2.11. The van der Waals surface area contributed by atoms with Crippen LogP contribution in [0.5, 0.6) is 0 Å². The van der Waals surface area contributed by atoms with E-state index in [2.05, 4.69) is 79.2 Å². The highest BCUT2D eigenvalue weighted by atomic mass is 28.4. The molecule has 2 fully saturated rings. The highest BCUT2D eigenvalue weighted by Crippen LogP contribution is 2.54. The molecular formula is C33H54N2O5Si2. The van der Waals surface area contributed by atoms with Crippen molar-refractivity contribution in [3.63, 3.8) is 0 Å². The van der Waals surface area contributed by atoms with Crippen molar-refractivity contribution in [1.29, 1.82) is 0 Å². The quantitative estimate of drug-likeness (QED) is 0.0996. The average Bonchev–Trinajstić information content (AvgIpc) is 2.85.